The van der Waals surface area contributed by atoms with Gasteiger partial charge in [-0.3, -0.25) is 0 Å². The van der Waals surface area contributed by atoms with Gasteiger partial charge in [-0.15, -0.1) is 0 Å². The van der Waals surface area contributed by atoms with E-state index in [9.17, 15) is 0 Å². The van der Waals surface area contributed by atoms with Crippen molar-refractivity contribution in [2.75, 3.05) is 19.9 Å². The number of hydrogen-bond donors (Lipinski definition) is 1. The number of aryl methyl sites for hydroxylation is 1. The highest BCUT2D eigenvalue weighted by molar-refractivity contribution is 5.39. The summed E-state index contributed by atoms with van der Waals surface area (Å²) in [4.78, 5) is 0. The molecule has 1 N–H and O–H groups in total. The van der Waals surface area contributed by atoms with Crippen molar-refractivity contribution >= 4 is 0 Å². The number of benzene rings is 1. The fourth-order valence-electron chi connectivity index (χ4n) is 2.52. The highest BCUT2D eigenvalue weighted by Gasteiger charge is 2.19. The van der Waals surface area contributed by atoms with E-state index in [1.807, 2.05) is 13.0 Å². The topological polar surface area (TPSA) is 30.5 Å². The van der Waals surface area contributed by atoms with Gasteiger partial charge in [0.15, 0.2) is 6.79 Å². The Balaban J connectivity index is 2.09. The van der Waals surface area contributed by atoms with Crippen molar-refractivity contribution in [3.05, 3.63) is 29.3 Å². The molecule has 0 saturated carbocycles. The Hall–Kier alpha value is -1.06. The van der Waals surface area contributed by atoms with Crippen molar-refractivity contribution in [1.82, 2.24) is 5.32 Å². The van der Waals surface area contributed by atoms with E-state index in [1.54, 1.807) is 0 Å². The smallest absolute Gasteiger partial charge is 0.189 e. The monoisotopic (exact) mass is 249 g/mol. The first kappa shape index (κ1) is 13.4. The minimum Gasteiger partial charge on any atom is -0.468 e. The minimum absolute atomic E-state index is 0.334. The van der Waals surface area contributed by atoms with Gasteiger partial charge in [-0.1, -0.05) is 13.0 Å². The van der Waals surface area contributed by atoms with E-state index >= 15 is 0 Å². The van der Waals surface area contributed by atoms with E-state index in [-0.39, 0.29) is 0 Å². The number of hydrogen-bond acceptors (Lipinski definition) is 3. The molecule has 100 valence electrons. The predicted octanol–water partition coefficient (Wildman–Crippen LogP) is 3.05. The molecule has 3 nitrogen and oxygen atoms in total. The van der Waals surface area contributed by atoms with Crippen LogP contribution in [0.2, 0.25) is 0 Å². The first-order chi connectivity index (χ1) is 8.85. The quantitative estimate of drug-likeness (QED) is 0.621. The van der Waals surface area contributed by atoms with Crippen molar-refractivity contribution in [1.29, 1.82) is 0 Å². The number of rotatable bonds is 6. The molecule has 1 aromatic carbocycles. The average molecular weight is 249 g/mol. The summed E-state index contributed by atoms with van der Waals surface area (Å²) in [5.74, 6) is 0.909. The molecule has 0 aromatic heterocycles. The van der Waals surface area contributed by atoms with Crippen LogP contribution in [-0.4, -0.2) is 19.9 Å². The van der Waals surface area contributed by atoms with Crippen LogP contribution in [0, 0.1) is 0 Å². The van der Waals surface area contributed by atoms with Crippen LogP contribution in [-0.2, 0) is 11.2 Å². The summed E-state index contributed by atoms with van der Waals surface area (Å²) in [6.45, 7) is 6.15. The molecule has 1 atom stereocenters. The van der Waals surface area contributed by atoms with Gasteiger partial charge in [0.1, 0.15) is 5.75 Å². The van der Waals surface area contributed by atoms with Gasteiger partial charge in [-0.05, 0) is 56.0 Å². The number of ether oxygens (including phenoxy) is 2. The fraction of sp³-hybridized carbons (Fsp3) is 0.600. The molecule has 0 fully saturated rings. The lowest BCUT2D eigenvalue weighted by Crippen LogP contribution is -2.24. The molecule has 0 spiro atoms. The standard InChI is InChI=1S/C15H23NO2/c1-3-16-15-7-5-6-12-8-9-13(10-14(12)15)18-11-17-4-2/h8-10,15-16H,3-7,11H2,1-2H3. The molecule has 2 rings (SSSR count). The van der Waals surface area contributed by atoms with Crippen LogP contribution in [0.5, 0.6) is 5.75 Å². The van der Waals surface area contributed by atoms with Gasteiger partial charge in [-0.25, -0.2) is 0 Å². The van der Waals surface area contributed by atoms with Crippen LogP contribution in [0.3, 0.4) is 0 Å². The normalized spacial score (nSPS) is 18.4. The van der Waals surface area contributed by atoms with Gasteiger partial charge >= 0.3 is 0 Å². The molecule has 18 heavy (non-hydrogen) atoms. The van der Waals surface area contributed by atoms with Crippen molar-refractivity contribution in [2.24, 2.45) is 0 Å². The fourth-order valence-corrected chi connectivity index (χ4v) is 2.52. The first-order valence-corrected chi connectivity index (χ1v) is 6.92. The Morgan fingerprint density at radius 1 is 1.33 bits per heavy atom. The second-order valence-corrected chi connectivity index (χ2v) is 4.62. The van der Waals surface area contributed by atoms with E-state index in [1.165, 1.54) is 30.4 Å². The third kappa shape index (κ3) is 3.24. The van der Waals surface area contributed by atoms with Crippen molar-refractivity contribution in [3.8, 4) is 5.75 Å². The van der Waals surface area contributed by atoms with Gasteiger partial charge in [0.25, 0.3) is 0 Å². The molecule has 0 amide bonds. The van der Waals surface area contributed by atoms with Crippen LogP contribution in [0.25, 0.3) is 0 Å². The summed E-state index contributed by atoms with van der Waals surface area (Å²) in [7, 11) is 0. The van der Waals surface area contributed by atoms with Crippen LogP contribution in [0.4, 0.5) is 0 Å². The molecule has 1 unspecified atom stereocenters. The van der Waals surface area contributed by atoms with E-state index < -0.39 is 0 Å². The van der Waals surface area contributed by atoms with Gasteiger partial charge in [-0.2, -0.15) is 0 Å². The van der Waals surface area contributed by atoms with Crippen molar-refractivity contribution in [2.45, 2.75) is 39.2 Å². The lowest BCUT2D eigenvalue weighted by Gasteiger charge is -2.26. The lowest BCUT2D eigenvalue weighted by molar-refractivity contribution is 0.0223. The third-order valence-corrected chi connectivity index (χ3v) is 3.40. The largest absolute Gasteiger partial charge is 0.468 e. The second kappa shape index (κ2) is 6.76. The maximum absolute atomic E-state index is 5.59. The lowest BCUT2D eigenvalue weighted by atomic mass is 9.87. The molecule has 1 aliphatic carbocycles. The summed E-state index contributed by atoms with van der Waals surface area (Å²) in [5, 5.41) is 3.55. The molecular formula is C15H23NO2. The third-order valence-electron chi connectivity index (χ3n) is 3.40. The minimum atomic E-state index is 0.334. The highest BCUT2D eigenvalue weighted by atomic mass is 16.7. The van der Waals surface area contributed by atoms with Crippen LogP contribution in [0.15, 0.2) is 18.2 Å². The van der Waals surface area contributed by atoms with Crippen LogP contribution in [0.1, 0.15) is 43.9 Å². The number of nitrogens with one attached hydrogen (secondary N) is 1. The Kier molecular flexibility index (Phi) is 5.02. The van der Waals surface area contributed by atoms with E-state index in [2.05, 4.69) is 24.4 Å². The second-order valence-electron chi connectivity index (χ2n) is 4.62. The zero-order chi connectivity index (χ0) is 12.8. The van der Waals surface area contributed by atoms with Gasteiger partial charge < -0.3 is 14.8 Å². The van der Waals surface area contributed by atoms with Gasteiger partial charge in [0, 0.05) is 12.6 Å². The summed E-state index contributed by atoms with van der Waals surface area (Å²) in [6.07, 6.45) is 3.67. The zero-order valence-electron chi connectivity index (χ0n) is 11.4. The SMILES string of the molecule is CCNC1CCCc2ccc(OCOCC)cc21. The van der Waals surface area contributed by atoms with Crippen LogP contribution < -0.4 is 10.1 Å². The van der Waals surface area contributed by atoms with E-state index in [0.717, 1.165) is 12.3 Å². The Morgan fingerprint density at radius 2 is 2.22 bits per heavy atom. The molecule has 0 bridgehead atoms. The molecular weight excluding hydrogens is 226 g/mol. The van der Waals surface area contributed by atoms with Crippen LogP contribution >= 0.6 is 0 Å². The summed E-state index contributed by atoms with van der Waals surface area (Å²) in [5.41, 5.74) is 2.85. The molecule has 1 aromatic rings. The Bertz CT molecular complexity index is 379. The molecule has 0 radical (unpaired) electrons. The molecule has 0 saturated heterocycles. The summed E-state index contributed by atoms with van der Waals surface area (Å²) >= 11 is 0. The molecule has 0 aliphatic heterocycles. The Morgan fingerprint density at radius 3 is 3.00 bits per heavy atom. The Labute approximate surface area is 109 Å². The average Bonchev–Trinajstić information content (AvgIpc) is 2.40. The zero-order valence-corrected chi connectivity index (χ0v) is 11.4. The maximum Gasteiger partial charge on any atom is 0.189 e. The summed E-state index contributed by atoms with van der Waals surface area (Å²) < 4.78 is 10.8. The molecule has 0 heterocycles. The molecule has 1 aliphatic rings. The first-order valence-electron chi connectivity index (χ1n) is 6.92. The van der Waals surface area contributed by atoms with Crippen molar-refractivity contribution < 1.29 is 9.47 Å². The summed E-state index contributed by atoms with van der Waals surface area (Å²) in [6, 6.07) is 6.89. The van der Waals surface area contributed by atoms with E-state index in [0.29, 0.717) is 19.4 Å². The van der Waals surface area contributed by atoms with Gasteiger partial charge in [0.05, 0.1) is 0 Å². The number of fused-ring (bicyclic) bond motifs is 1. The predicted molar refractivity (Wildman–Crippen MR) is 72.9 cm³/mol. The molecule has 3 heteroatoms. The van der Waals surface area contributed by atoms with Crippen molar-refractivity contribution in [3.63, 3.8) is 0 Å². The maximum atomic E-state index is 5.59. The van der Waals surface area contributed by atoms with Gasteiger partial charge in [0.2, 0.25) is 0 Å². The van der Waals surface area contributed by atoms with E-state index in [4.69, 9.17) is 9.47 Å². The highest BCUT2D eigenvalue weighted by Crippen LogP contribution is 2.32.